The lowest BCUT2D eigenvalue weighted by molar-refractivity contribution is -0.154. The van der Waals surface area contributed by atoms with E-state index in [0.717, 1.165) is 5.57 Å². The second-order valence-corrected chi connectivity index (χ2v) is 5.05. The Labute approximate surface area is 126 Å². The predicted octanol–water partition coefficient (Wildman–Crippen LogP) is 2.64. The molecule has 122 valence electrons. The number of nitrogens with zero attached hydrogens (tertiary/aromatic N) is 2. The number of halogens is 3. The molecule has 5 nitrogen and oxygen atoms in total. The van der Waals surface area contributed by atoms with Crippen LogP contribution in [0.15, 0.2) is 24.3 Å². The van der Waals surface area contributed by atoms with Crippen LogP contribution in [0.3, 0.4) is 0 Å². The first-order valence-corrected chi connectivity index (χ1v) is 6.61. The summed E-state index contributed by atoms with van der Waals surface area (Å²) >= 11 is 0. The number of nitrogens with one attached hydrogen (secondary N) is 1. The Morgan fingerprint density at radius 3 is 2.59 bits per heavy atom. The average molecular weight is 317 g/mol. The van der Waals surface area contributed by atoms with Gasteiger partial charge in [0.05, 0.1) is 12.2 Å². The number of alkyl halides is 3. The van der Waals surface area contributed by atoms with Gasteiger partial charge in [-0.3, -0.25) is 4.79 Å². The van der Waals surface area contributed by atoms with Gasteiger partial charge in [-0.15, -0.1) is 11.7 Å². The average Bonchev–Trinajstić information content (AvgIpc) is 2.42. The molecule has 1 aromatic rings. The minimum Gasteiger partial charge on any atom is -0.467 e. The van der Waals surface area contributed by atoms with Gasteiger partial charge in [0.2, 0.25) is 11.8 Å². The molecular weight excluding hydrogens is 299 g/mol. The Bertz CT molecular complexity index is 515. The lowest BCUT2D eigenvalue weighted by Crippen LogP contribution is -2.29. The molecule has 0 bridgehead atoms. The van der Waals surface area contributed by atoms with Crippen LogP contribution < -0.4 is 10.1 Å². The molecule has 8 heteroatoms. The highest BCUT2D eigenvalue weighted by Crippen LogP contribution is 2.16. The topological polar surface area (TPSA) is 64.1 Å². The maximum Gasteiger partial charge on any atom is 0.422 e. The van der Waals surface area contributed by atoms with Gasteiger partial charge in [-0.05, 0) is 19.4 Å². The number of carbonyl (C=O) groups is 1. The van der Waals surface area contributed by atoms with Crippen molar-refractivity contribution in [2.75, 3.05) is 6.61 Å². The van der Waals surface area contributed by atoms with Gasteiger partial charge in [0.1, 0.15) is 0 Å². The fourth-order valence-electron chi connectivity index (χ4n) is 1.64. The first-order valence-electron chi connectivity index (χ1n) is 6.61. The number of amides is 1. The molecule has 1 aromatic heterocycles. The molecule has 0 radical (unpaired) electrons. The van der Waals surface area contributed by atoms with Crippen LogP contribution in [0, 0.1) is 5.92 Å². The normalized spacial score (nSPS) is 12.6. The van der Waals surface area contributed by atoms with Gasteiger partial charge in [-0.2, -0.15) is 18.3 Å². The predicted molar refractivity (Wildman–Crippen MR) is 74.0 cm³/mol. The van der Waals surface area contributed by atoms with Gasteiger partial charge >= 0.3 is 6.18 Å². The Balaban J connectivity index is 2.44. The van der Waals surface area contributed by atoms with Crippen molar-refractivity contribution in [1.82, 2.24) is 15.5 Å². The molecule has 1 heterocycles. The molecule has 1 rings (SSSR count). The quantitative estimate of drug-likeness (QED) is 0.785. The van der Waals surface area contributed by atoms with E-state index in [0.29, 0.717) is 12.1 Å². The van der Waals surface area contributed by atoms with Crippen LogP contribution >= 0.6 is 0 Å². The van der Waals surface area contributed by atoms with Crippen molar-refractivity contribution in [2.45, 2.75) is 33.0 Å². The Kier molecular flexibility index (Phi) is 6.33. The number of carbonyl (C=O) groups excluding carboxylic acids is 1. The summed E-state index contributed by atoms with van der Waals surface area (Å²) in [5, 5.41) is 9.89. The highest BCUT2D eigenvalue weighted by molar-refractivity contribution is 5.78. The molecule has 0 saturated carbocycles. The molecule has 0 aliphatic carbocycles. The molecule has 0 fully saturated rings. The van der Waals surface area contributed by atoms with E-state index in [4.69, 9.17) is 0 Å². The monoisotopic (exact) mass is 317 g/mol. The van der Waals surface area contributed by atoms with Gasteiger partial charge in [0.15, 0.2) is 6.61 Å². The minimum atomic E-state index is -4.42. The lowest BCUT2D eigenvalue weighted by atomic mass is 10.0. The summed E-state index contributed by atoms with van der Waals surface area (Å²) in [4.78, 5) is 11.8. The van der Waals surface area contributed by atoms with Gasteiger partial charge in [-0.1, -0.05) is 12.5 Å². The number of allylic oxidation sites excluding steroid dienone is 1. The van der Waals surface area contributed by atoms with E-state index < -0.39 is 12.8 Å². The summed E-state index contributed by atoms with van der Waals surface area (Å²) in [5.41, 5.74) is 1.34. The summed E-state index contributed by atoms with van der Waals surface area (Å²) in [6.07, 6.45) is -3.84. The second-order valence-electron chi connectivity index (χ2n) is 5.05. The molecule has 0 aliphatic heterocycles. The number of rotatable bonds is 7. The molecule has 0 aliphatic rings. The van der Waals surface area contributed by atoms with Crippen molar-refractivity contribution in [3.8, 4) is 5.88 Å². The maximum absolute atomic E-state index is 12.0. The van der Waals surface area contributed by atoms with E-state index in [1.54, 1.807) is 6.92 Å². The van der Waals surface area contributed by atoms with Gasteiger partial charge in [0.25, 0.3) is 0 Å². The lowest BCUT2D eigenvalue weighted by Gasteiger charge is -2.12. The van der Waals surface area contributed by atoms with Crippen molar-refractivity contribution >= 4 is 5.91 Å². The summed E-state index contributed by atoms with van der Waals surface area (Å²) in [6.45, 7) is 6.09. The van der Waals surface area contributed by atoms with E-state index >= 15 is 0 Å². The number of hydrogen-bond acceptors (Lipinski definition) is 4. The highest BCUT2D eigenvalue weighted by atomic mass is 19.4. The molecule has 1 atom stereocenters. The smallest absolute Gasteiger partial charge is 0.422 e. The fraction of sp³-hybridized carbons (Fsp3) is 0.500. The van der Waals surface area contributed by atoms with Crippen molar-refractivity contribution < 1.29 is 22.7 Å². The fourth-order valence-corrected chi connectivity index (χ4v) is 1.64. The first kappa shape index (κ1) is 17.9. The van der Waals surface area contributed by atoms with Gasteiger partial charge in [-0.25, -0.2) is 0 Å². The number of ether oxygens (including phenoxy) is 1. The molecule has 0 saturated heterocycles. The van der Waals surface area contributed by atoms with Gasteiger partial charge < -0.3 is 10.1 Å². The molecule has 0 aromatic carbocycles. The minimum absolute atomic E-state index is 0.145. The number of hydrogen-bond donors (Lipinski definition) is 1. The van der Waals surface area contributed by atoms with Crippen LogP contribution in [0.4, 0.5) is 13.2 Å². The van der Waals surface area contributed by atoms with Crippen LogP contribution in [-0.4, -0.2) is 28.9 Å². The van der Waals surface area contributed by atoms with E-state index in [1.165, 1.54) is 12.1 Å². The standard InChI is InChI=1S/C14H18F3N3O2/c1-9(2)6-10(3)13(21)18-7-11-4-5-12(20-19-11)22-8-14(15,16)17/h4-5,10H,1,6-8H2,2-3H3,(H,18,21). The highest BCUT2D eigenvalue weighted by Gasteiger charge is 2.28. The third kappa shape index (κ3) is 7.05. The molecule has 1 amide bonds. The Morgan fingerprint density at radius 1 is 1.41 bits per heavy atom. The van der Waals surface area contributed by atoms with Crippen LogP contribution in [-0.2, 0) is 11.3 Å². The SMILES string of the molecule is C=C(C)CC(C)C(=O)NCc1ccc(OCC(F)(F)F)nn1. The van der Waals surface area contributed by atoms with Crippen molar-refractivity contribution in [1.29, 1.82) is 0 Å². The van der Waals surface area contributed by atoms with Crippen LogP contribution in [0.25, 0.3) is 0 Å². The summed E-state index contributed by atoms with van der Waals surface area (Å²) < 4.78 is 40.3. The van der Waals surface area contributed by atoms with Crippen LogP contribution in [0.1, 0.15) is 26.0 Å². The van der Waals surface area contributed by atoms with E-state index in [9.17, 15) is 18.0 Å². The van der Waals surface area contributed by atoms with Gasteiger partial charge in [0, 0.05) is 12.0 Å². The zero-order valence-electron chi connectivity index (χ0n) is 12.4. The van der Waals surface area contributed by atoms with Crippen LogP contribution in [0.5, 0.6) is 5.88 Å². The van der Waals surface area contributed by atoms with Crippen molar-refractivity contribution in [2.24, 2.45) is 5.92 Å². The summed E-state index contributed by atoms with van der Waals surface area (Å²) in [7, 11) is 0. The summed E-state index contributed by atoms with van der Waals surface area (Å²) in [6, 6.07) is 2.72. The van der Waals surface area contributed by atoms with E-state index in [1.807, 2.05) is 6.92 Å². The van der Waals surface area contributed by atoms with Crippen molar-refractivity contribution in [3.63, 3.8) is 0 Å². The van der Waals surface area contributed by atoms with Crippen molar-refractivity contribution in [3.05, 3.63) is 30.0 Å². The molecule has 22 heavy (non-hydrogen) atoms. The van der Waals surface area contributed by atoms with E-state index in [2.05, 4.69) is 26.8 Å². The third-order valence-electron chi connectivity index (χ3n) is 2.62. The molecule has 1 N–H and O–H groups in total. The molecule has 0 spiro atoms. The molecular formula is C14H18F3N3O2. The second kappa shape index (κ2) is 7.77. The summed E-state index contributed by atoms with van der Waals surface area (Å²) in [5.74, 6) is -0.579. The number of aromatic nitrogens is 2. The largest absolute Gasteiger partial charge is 0.467 e. The molecule has 1 unspecified atom stereocenters. The first-order chi connectivity index (χ1) is 10.2. The third-order valence-corrected chi connectivity index (χ3v) is 2.62. The maximum atomic E-state index is 12.0. The Morgan fingerprint density at radius 2 is 2.09 bits per heavy atom. The van der Waals surface area contributed by atoms with Crippen LogP contribution in [0.2, 0.25) is 0 Å². The van der Waals surface area contributed by atoms with E-state index in [-0.39, 0.29) is 24.2 Å². The Hall–Kier alpha value is -2.12. The zero-order chi connectivity index (χ0) is 16.8. The zero-order valence-corrected chi connectivity index (χ0v) is 12.4.